The molecule has 27 heavy (non-hydrogen) atoms. The summed E-state index contributed by atoms with van der Waals surface area (Å²) >= 11 is 7.86. The molecule has 1 heterocycles. The molecule has 6 heteroatoms. The Morgan fingerprint density at radius 2 is 2.15 bits per heavy atom. The van der Waals surface area contributed by atoms with Crippen LogP contribution in [0.5, 0.6) is 0 Å². The Morgan fingerprint density at radius 3 is 2.89 bits per heavy atom. The second-order valence-electron chi connectivity index (χ2n) is 7.01. The predicted octanol–water partition coefficient (Wildman–Crippen LogP) is 4.36. The number of nitrogens with zero attached hydrogens (tertiary/aromatic N) is 2. The molecule has 4 rings (SSSR count). The molecule has 0 radical (unpaired) electrons. The first-order chi connectivity index (χ1) is 13.1. The third-order valence-electron chi connectivity index (χ3n) is 5.36. The quantitative estimate of drug-likeness (QED) is 0.834. The first-order valence-corrected chi connectivity index (χ1v) is 10.4. The number of fused-ring (bicyclic) bond motifs is 2. The van der Waals surface area contributed by atoms with Crippen LogP contribution in [0.3, 0.4) is 0 Å². The minimum atomic E-state index is -0.544. The Morgan fingerprint density at radius 1 is 1.33 bits per heavy atom. The van der Waals surface area contributed by atoms with E-state index in [2.05, 4.69) is 18.2 Å². The van der Waals surface area contributed by atoms with Gasteiger partial charge in [0.2, 0.25) is 5.91 Å². The molecule has 1 aliphatic carbocycles. The predicted molar refractivity (Wildman–Crippen MR) is 112 cm³/mol. The summed E-state index contributed by atoms with van der Waals surface area (Å²) < 4.78 is 0. The smallest absolute Gasteiger partial charge is 0.241 e. The van der Waals surface area contributed by atoms with Gasteiger partial charge in [-0.15, -0.1) is 0 Å². The largest absolute Gasteiger partial charge is 0.330 e. The maximum atomic E-state index is 12.7. The molecule has 4 nitrogen and oxygen atoms in total. The highest BCUT2D eigenvalue weighted by molar-refractivity contribution is 8.15. The van der Waals surface area contributed by atoms with Crippen molar-refractivity contribution in [2.45, 2.75) is 31.1 Å². The molecular weight excluding hydrogens is 378 g/mol. The van der Waals surface area contributed by atoms with Gasteiger partial charge in [0.05, 0.1) is 0 Å². The Kier molecular flexibility index (Phi) is 5.01. The van der Waals surface area contributed by atoms with Crippen molar-refractivity contribution in [2.75, 3.05) is 6.54 Å². The summed E-state index contributed by atoms with van der Waals surface area (Å²) in [5, 5.41) is 7.94. The number of rotatable bonds is 3. The highest BCUT2D eigenvalue weighted by atomic mass is 35.5. The Hall–Kier alpha value is -1.82. The lowest BCUT2D eigenvalue weighted by Crippen LogP contribution is -2.49. The van der Waals surface area contributed by atoms with Crippen molar-refractivity contribution in [1.29, 1.82) is 0 Å². The number of carbonyl (C=O) groups is 1. The van der Waals surface area contributed by atoms with Crippen LogP contribution < -0.4 is 5.73 Å². The van der Waals surface area contributed by atoms with Gasteiger partial charge in [-0.05, 0) is 55.0 Å². The number of benzene rings is 2. The summed E-state index contributed by atoms with van der Waals surface area (Å²) in [4.78, 5) is 12.1. The summed E-state index contributed by atoms with van der Waals surface area (Å²) in [5.41, 5.74) is 9.35. The number of carbonyl (C=O) groups excluding carboxylic acids is 1. The molecule has 2 N–H and O–H groups in total. The maximum Gasteiger partial charge on any atom is 0.241 e. The Bertz CT molecular complexity index is 916. The van der Waals surface area contributed by atoms with Crippen LogP contribution in [0.15, 0.2) is 53.6 Å². The Labute approximate surface area is 168 Å². The van der Waals surface area contributed by atoms with Crippen molar-refractivity contribution in [3.8, 4) is 0 Å². The van der Waals surface area contributed by atoms with Gasteiger partial charge < -0.3 is 5.73 Å². The average molecular weight is 400 g/mol. The van der Waals surface area contributed by atoms with Gasteiger partial charge >= 0.3 is 0 Å². The van der Waals surface area contributed by atoms with Gasteiger partial charge in [0, 0.05) is 17.5 Å². The monoisotopic (exact) mass is 399 g/mol. The van der Waals surface area contributed by atoms with Gasteiger partial charge in [-0.3, -0.25) is 4.79 Å². The van der Waals surface area contributed by atoms with E-state index in [0.717, 1.165) is 29.9 Å². The van der Waals surface area contributed by atoms with Crippen LogP contribution in [-0.4, -0.2) is 22.5 Å². The molecule has 0 unspecified atom stereocenters. The molecule has 0 aromatic heterocycles. The number of aryl methyl sites for hydroxylation is 1. The van der Waals surface area contributed by atoms with Gasteiger partial charge in [0.1, 0.15) is 9.91 Å². The van der Waals surface area contributed by atoms with Gasteiger partial charge in [-0.1, -0.05) is 59.8 Å². The molecule has 1 amide bonds. The van der Waals surface area contributed by atoms with Crippen LogP contribution in [0.4, 0.5) is 0 Å². The first-order valence-electron chi connectivity index (χ1n) is 9.19. The number of thioether (sulfide) groups is 1. The number of hydrazone groups is 1. The van der Waals surface area contributed by atoms with Crippen LogP contribution >= 0.6 is 23.4 Å². The second kappa shape index (κ2) is 7.30. The molecule has 2 aromatic carbocycles. The van der Waals surface area contributed by atoms with Crippen LogP contribution in [0, 0.1) is 5.92 Å². The number of hydrogen-bond acceptors (Lipinski definition) is 4. The normalized spacial score (nSPS) is 24.0. The lowest BCUT2D eigenvalue weighted by atomic mass is 9.77. The molecule has 2 aliphatic rings. The fourth-order valence-corrected chi connectivity index (χ4v) is 6.04. The highest BCUT2D eigenvalue weighted by Gasteiger charge is 2.54. The third-order valence-corrected chi connectivity index (χ3v) is 7.14. The molecule has 0 saturated heterocycles. The van der Waals surface area contributed by atoms with Gasteiger partial charge in [0.25, 0.3) is 0 Å². The molecule has 0 bridgehead atoms. The van der Waals surface area contributed by atoms with E-state index in [0.29, 0.717) is 11.6 Å². The first kappa shape index (κ1) is 18.5. The summed E-state index contributed by atoms with van der Waals surface area (Å²) in [6.07, 6.45) is 2.84. The molecule has 1 spiro atoms. The summed E-state index contributed by atoms with van der Waals surface area (Å²) in [6.45, 7) is 2.18. The van der Waals surface area contributed by atoms with E-state index in [1.165, 1.54) is 11.1 Å². The van der Waals surface area contributed by atoms with E-state index in [4.69, 9.17) is 22.4 Å². The molecular formula is C21H22ClN3OS. The molecule has 2 atom stereocenters. The summed E-state index contributed by atoms with van der Waals surface area (Å²) in [5.74, 6) is 0.185. The van der Waals surface area contributed by atoms with Crippen LogP contribution in [0.1, 0.15) is 36.5 Å². The van der Waals surface area contributed by atoms with Crippen molar-refractivity contribution in [3.05, 3.63) is 70.2 Å². The molecule has 2 aromatic rings. The Balaban J connectivity index is 1.87. The van der Waals surface area contributed by atoms with Crippen LogP contribution in [0.25, 0.3) is 0 Å². The number of nitrogens with two attached hydrogens (primary N) is 1. The lowest BCUT2D eigenvalue weighted by molar-refractivity contribution is -0.134. The zero-order valence-corrected chi connectivity index (χ0v) is 16.8. The molecule has 1 aliphatic heterocycles. The maximum absolute atomic E-state index is 12.7. The minimum Gasteiger partial charge on any atom is -0.330 e. The fourth-order valence-electron chi connectivity index (χ4n) is 4.22. The van der Waals surface area contributed by atoms with E-state index < -0.39 is 4.87 Å². The second-order valence-corrected chi connectivity index (χ2v) is 8.66. The van der Waals surface area contributed by atoms with Crippen molar-refractivity contribution >= 4 is 34.3 Å². The number of amides is 1. The van der Waals surface area contributed by atoms with E-state index in [1.54, 1.807) is 23.7 Å². The van der Waals surface area contributed by atoms with E-state index in [1.807, 2.05) is 30.3 Å². The van der Waals surface area contributed by atoms with Crippen molar-refractivity contribution in [3.63, 3.8) is 0 Å². The highest BCUT2D eigenvalue weighted by Crippen LogP contribution is 2.57. The minimum absolute atomic E-state index is 0.0572. The SMILES string of the molecule is CC(=O)N1N=C(c2cccc(Cl)c2)S[C@@]12c1ccccc1CC[C@H]2CCN. The van der Waals surface area contributed by atoms with Crippen molar-refractivity contribution in [1.82, 2.24) is 5.01 Å². The zero-order valence-electron chi connectivity index (χ0n) is 15.2. The van der Waals surface area contributed by atoms with Gasteiger partial charge in [-0.25, -0.2) is 5.01 Å². The van der Waals surface area contributed by atoms with E-state index >= 15 is 0 Å². The van der Waals surface area contributed by atoms with Crippen molar-refractivity contribution < 1.29 is 4.79 Å². The summed E-state index contributed by atoms with van der Waals surface area (Å²) in [7, 11) is 0. The fraction of sp³-hybridized carbons (Fsp3) is 0.333. The van der Waals surface area contributed by atoms with Crippen LogP contribution in [0.2, 0.25) is 5.02 Å². The zero-order chi connectivity index (χ0) is 19.0. The lowest BCUT2D eigenvalue weighted by Gasteiger charge is -2.45. The van der Waals surface area contributed by atoms with Gasteiger partial charge in [-0.2, -0.15) is 5.10 Å². The van der Waals surface area contributed by atoms with Gasteiger partial charge in [0.15, 0.2) is 0 Å². The van der Waals surface area contributed by atoms with E-state index in [-0.39, 0.29) is 11.8 Å². The average Bonchev–Trinajstić information content (AvgIpc) is 3.06. The standard InChI is InChI=1S/C21H22ClN3OS/c1-14(26)25-21(27-20(24-25)16-6-4-7-18(22)13-16)17(11-12-23)10-9-15-5-2-3-8-19(15)21/h2-8,13,17H,9-12,23H2,1H3/t17-,21-/m0/s1. The number of halogens is 1. The molecule has 140 valence electrons. The summed E-state index contributed by atoms with van der Waals surface area (Å²) in [6, 6.07) is 16.0. The van der Waals surface area contributed by atoms with E-state index in [9.17, 15) is 4.79 Å². The third kappa shape index (κ3) is 3.08. The number of hydrogen-bond donors (Lipinski definition) is 1. The van der Waals surface area contributed by atoms with Crippen molar-refractivity contribution in [2.24, 2.45) is 16.8 Å². The van der Waals surface area contributed by atoms with Crippen LogP contribution in [-0.2, 0) is 16.1 Å². The molecule has 0 saturated carbocycles. The molecule has 0 fully saturated rings. The topological polar surface area (TPSA) is 58.7 Å².